The Morgan fingerprint density at radius 2 is 1.50 bits per heavy atom. The number of fused-ring (bicyclic) bond motifs is 3. The highest BCUT2D eigenvalue weighted by molar-refractivity contribution is 5.79. The Hall–Kier alpha value is -2.41. The zero-order valence-corrected chi connectivity index (χ0v) is 16.3. The highest BCUT2D eigenvalue weighted by Crippen LogP contribution is 2.44. The van der Waals surface area contributed by atoms with Crippen molar-refractivity contribution in [3.63, 3.8) is 0 Å². The summed E-state index contributed by atoms with van der Waals surface area (Å²) in [5, 5.41) is 0. The molecule has 1 aliphatic carbocycles. The molecule has 2 aromatic rings. The minimum Gasteiger partial charge on any atom is -0.448 e. The Labute approximate surface area is 166 Å². The van der Waals surface area contributed by atoms with Crippen molar-refractivity contribution in [2.45, 2.75) is 5.92 Å². The molecule has 0 radical (unpaired) electrons. The molecule has 6 nitrogen and oxygen atoms in total. The summed E-state index contributed by atoms with van der Waals surface area (Å²) < 4.78 is 16.3. The molecule has 3 rings (SSSR count). The molecular formula is C22H28N2O4. The van der Waals surface area contributed by atoms with Crippen LogP contribution in [0.5, 0.6) is 0 Å². The lowest BCUT2D eigenvalue weighted by Gasteiger charge is -2.19. The van der Waals surface area contributed by atoms with Crippen molar-refractivity contribution in [2.75, 3.05) is 53.2 Å². The largest absolute Gasteiger partial charge is 0.448 e. The molecule has 0 aliphatic heterocycles. The van der Waals surface area contributed by atoms with Gasteiger partial charge in [-0.15, -0.1) is 0 Å². The number of amides is 1. The molecule has 0 spiro atoms. The van der Waals surface area contributed by atoms with E-state index in [1.807, 2.05) is 24.3 Å². The van der Waals surface area contributed by atoms with Gasteiger partial charge in [0.05, 0.1) is 26.4 Å². The van der Waals surface area contributed by atoms with E-state index in [-0.39, 0.29) is 12.0 Å². The topological polar surface area (TPSA) is 74.0 Å². The van der Waals surface area contributed by atoms with E-state index < -0.39 is 0 Å². The zero-order chi connectivity index (χ0) is 19.8. The number of rotatable bonds is 10. The van der Waals surface area contributed by atoms with Gasteiger partial charge in [-0.2, -0.15) is 0 Å². The molecule has 0 unspecified atom stereocenters. The molecule has 150 valence electrons. The fraction of sp³-hybridized carbons (Fsp3) is 0.409. The molecule has 28 heavy (non-hydrogen) atoms. The molecule has 0 heterocycles. The van der Waals surface area contributed by atoms with Gasteiger partial charge in [-0.1, -0.05) is 48.5 Å². The lowest BCUT2D eigenvalue weighted by Crippen LogP contribution is -2.32. The van der Waals surface area contributed by atoms with E-state index in [9.17, 15) is 4.79 Å². The Bertz CT molecular complexity index is 735. The van der Waals surface area contributed by atoms with Crippen LogP contribution in [-0.2, 0) is 14.2 Å². The van der Waals surface area contributed by atoms with Gasteiger partial charge in [0.2, 0.25) is 0 Å². The van der Waals surface area contributed by atoms with Crippen molar-refractivity contribution in [3.8, 4) is 11.1 Å². The number of carbonyl (C=O) groups is 1. The standard InChI is InChI=1S/C22H28N2O4/c1-24(11-13-27-15-14-26-12-10-23)22(25)28-16-21-19-8-4-2-6-17(19)18-7-3-5-9-20(18)21/h2-9,21H,10-16,23H2,1H3. The van der Waals surface area contributed by atoms with Crippen LogP contribution in [0.3, 0.4) is 0 Å². The molecule has 2 N–H and O–H groups in total. The van der Waals surface area contributed by atoms with Crippen LogP contribution >= 0.6 is 0 Å². The summed E-state index contributed by atoms with van der Waals surface area (Å²) in [7, 11) is 1.72. The molecule has 0 aromatic heterocycles. The van der Waals surface area contributed by atoms with E-state index in [0.717, 1.165) is 0 Å². The summed E-state index contributed by atoms with van der Waals surface area (Å²) in [6.45, 7) is 3.25. The first-order valence-corrected chi connectivity index (χ1v) is 9.64. The number of carbonyl (C=O) groups excluding carboxylic acids is 1. The number of nitrogens with zero attached hydrogens (tertiary/aromatic N) is 1. The normalized spacial score (nSPS) is 12.5. The molecule has 0 saturated carbocycles. The minimum atomic E-state index is -0.343. The molecular weight excluding hydrogens is 356 g/mol. The van der Waals surface area contributed by atoms with Crippen molar-refractivity contribution in [1.82, 2.24) is 4.90 Å². The van der Waals surface area contributed by atoms with E-state index >= 15 is 0 Å². The fourth-order valence-corrected chi connectivity index (χ4v) is 3.40. The van der Waals surface area contributed by atoms with Gasteiger partial charge in [-0.25, -0.2) is 4.79 Å². The van der Waals surface area contributed by atoms with E-state index in [4.69, 9.17) is 19.9 Å². The van der Waals surface area contributed by atoms with Gasteiger partial charge in [-0.05, 0) is 22.3 Å². The third-order valence-corrected chi connectivity index (χ3v) is 4.85. The molecule has 0 saturated heterocycles. The maximum Gasteiger partial charge on any atom is 0.409 e. The van der Waals surface area contributed by atoms with Crippen molar-refractivity contribution in [1.29, 1.82) is 0 Å². The van der Waals surface area contributed by atoms with E-state index in [0.29, 0.717) is 46.1 Å². The summed E-state index contributed by atoms with van der Waals surface area (Å²) in [4.78, 5) is 13.9. The first-order valence-electron chi connectivity index (χ1n) is 9.64. The minimum absolute atomic E-state index is 0.0701. The number of nitrogens with two attached hydrogens (primary N) is 1. The second-order valence-corrected chi connectivity index (χ2v) is 6.74. The van der Waals surface area contributed by atoms with E-state index in [2.05, 4.69) is 24.3 Å². The van der Waals surface area contributed by atoms with E-state index in [1.54, 1.807) is 7.05 Å². The molecule has 0 fully saturated rings. The fourth-order valence-electron chi connectivity index (χ4n) is 3.40. The maximum absolute atomic E-state index is 12.3. The molecule has 1 amide bonds. The summed E-state index contributed by atoms with van der Waals surface area (Å²) in [6.07, 6.45) is -0.343. The molecule has 0 atom stereocenters. The second-order valence-electron chi connectivity index (χ2n) is 6.74. The molecule has 6 heteroatoms. The van der Waals surface area contributed by atoms with Crippen LogP contribution in [0.15, 0.2) is 48.5 Å². The molecule has 0 bridgehead atoms. The lowest BCUT2D eigenvalue weighted by molar-refractivity contribution is 0.0405. The van der Waals surface area contributed by atoms with Gasteiger partial charge >= 0.3 is 6.09 Å². The van der Waals surface area contributed by atoms with Crippen molar-refractivity contribution in [2.24, 2.45) is 5.73 Å². The summed E-state index contributed by atoms with van der Waals surface area (Å²) in [6, 6.07) is 16.6. The van der Waals surface area contributed by atoms with Crippen LogP contribution in [0.25, 0.3) is 11.1 Å². The smallest absolute Gasteiger partial charge is 0.409 e. The van der Waals surface area contributed by atoms with Crippen LogP contribution < -0.4 is 5.73 Å². The van der Waals surface area contributed by atoms with Gasteiger partial charge in [0.15, 0.2) is 0 Å². The number of hydrogen-bond acceptors (Lipinski definition) is 5. The number of likely N-dealkylation sites (N-methyl/N-ethyl adjacent to an activating group) is 1. The summed E-state index contributed by atoms with van der Waals surface area (Å²) >= 11 is 0. The maximum atomic E-state index is 12.3. The Balaban J connectivity index is 1.47. The first-order chi connectivity index (χ1) is 13.7. The SMILES string of the molecule is CN(CCOCCOCCN)C(=O)OCC1c2ccccc2-c2ccccc21. The Morgan fingerprint density at radius 1 is 0.929 bits per heavy atom. The average molecular weight is 384 g/mol. The molecule has 2 aromatic carbocycles. The van der Waals surface area contributed by atoms with Crippen molar-refractivity contribution < 1.29 is 19.0 Å². The predicted octanol–water partition coefficient (Wildman–Crippen LogP) is 2.86. The van der Waals surface area contributed by atoms with Crippen LogP contribution in [0.4, 0.5) is 4.79 Å². The van der Waals surface area contributed by atoms with E-state index in [1.165, 1.54) is 27.2 Å². The predicted molar refractivity (Wildman–Crippen MR) is 108 cm³/mol. The van der Waals surface area contributed by atoms with Crippen molar-refractivity contribution in [3.05, 3.63) is 59.7 Å². The Kier molecular flexibility index (Phi) is 7.42. The average Bonchev–Trinajstić information content (AvgIpc) is 3.05. The number of benzene rings is 2. The van der Waals surface area contributed by atoms with Gasteiger partial charge in [0.25, 0.3) is 0 Å². The zero-order valence-electron chi connectivity index (χ0n) is 16.3. The van der Waals surface area contributed by atoms with Crippen LogP contribution in [0.2, 0.25) is 0 Å². The lowest BCUT2D eigenvalue weighted by atomic mass is 9.98. The molecule has 1 aliphatic rings. The summed E-state index contributed by atoms with van der Waals surface area (Å²) in [5.74, 6) is 0.0701. The monoisotopic (exact) mass is 384 g/mol. The number of ether oxygens (including phenoxy) is 3. The Morgan fingerprint density at radius 3 is 2.11 bits per heavy atom. The van der Waals surface area contributed by atoms with Gasteiger partial charge in [0.1, 0.15) is 6.61 Å². The van der Waals surface area contributed by atoms with Gasteiger partial charge < -0.3 is 24.8 Å². The van der Waals surface area contributed by atoms with Gasteiger partial charge in [0, 0.05) is 26.1 Å². The summed E-state index contributed by atoms with van der Waals surface area (Å²) in [5.41, 5.74) is 10.2. The van der Waals surface area contributed by atoms with Crippen LogP contribution in [0.1, 0.15) is 17.0 Å². The number of hydrogen-bond donors (Lipinski definition) is 1. The highest BCUT2D eigenvalue weighted by Gasteiger charge is 2.29. The van der Waals surface area contributed by atoms with Gasteiger partial charge in [-0.3, -0.25) is 0 Å². The quantitative estimate of drug-likeness (QED) is 0.638. The third-order valence-electron chi connectivity index (χ3n) is 4.85. The van der Waals surface area contributed by atoms with Crippen LogP contribution in [-0.4, -0.2) is 64.2 Å². The van der Waals surface area contributed by atoms with Crippen molar-refractivity contribution >= 4 is 6.09 Å². The highest BCUT2D eigenvalue weighted by atomic mass is 16.6. The van der Waals surface area contributed by atoms with Crippen LogP contribution in [0, 0.1) is 0 Å². The second kappa shape index (κ2) is 10.2. The first kappa shape index (κ1) is 20.3. The third kappa shape index (κ3) is 4.90.